The summed E-state index contributed by atoms with van der Waals surface area (Å²) in [5.41, 5.74) is 0.575. The van der Waals surface area contributed by atoms with Crippen molar-refractivity contribution in [2.45, 2.75) is 18.8 Å². The zero-order chi connectivity index (χ0) is 15.7. The number of likely N-dealkylation sites (tertiary alicyclic amines) is 1. The van der Waals surface area contributed by atoms with Crippen LogP contribution < -0.4 is 0 Å². The normalized spacial score (nSPS) is 16.0. The van der Waals surface area contributed by atoms with Gasteiger partial charge in [-0.2, -0.15) is 0 Å². The summed E-state index contributed by atoms with van der Waals surface area (Å²) in [5.74, 6) is 1.34. The van der Waals surface area contributed by atoms with Crippen LogP contribution in [0.15, 0.2) is 24.5 Å². The first-order valence-corrected chi connectivity index (χ1v) is 7.90. The minimum atomic E-state index is -0.00465. The fourth-order valence-corrected chi connectivity index (χ4v) is 3.11. The minimum Gasteiger partial charge on any atom is -0.339 e. The summed E-state index contributed by atoms with van der Waals surface area (Å²) in [6, 6.07) is 5.00. The van der Waals surface area contributed by atoms with Crippen molar-refractivity contribution in [3.63, 3.8) is 0 Å². The molecule has 2 aromatic rings. The van der Waals surface area contributed by atoms with Crippen LogP contribution in [0.2, 0.25) is 10.0 Å². The molecule has 1 aromatic heterocycles. The number of aromatic nitrogens is 3. The third-order valence-electron chi connectivity index (χ3n) is 4.06. The summed E-state index contributed by atoms with van der Waals surface area (Å²) in [6.45, 7) is 1.41. The molecule has 22 heavy (non-hydrogen) atoms. The Labute approximate surface area is 138 Å². The lowest BCUT2D eigenvalue weighted by Crippen LogP contribution is -2.38. The van der Waals surface area contributed by atoms with Gasteiger partial charge in [0.05, 0.1) is 10.0 Å². The number of aryl methyl sites for hydroxylation is 1. The van der Waals surface area contributed by atoms with Crippen molar-refractivity contribution in [1.29, 1.82) is 0 Å². The second kappa shape index (κ2) is 6.26. The van der Waals surface area contributed by atoms with Crippen molar-refractivity contribution < 1.29 is 4.79 Å². The van der Waals surface area contributed by atoms with Gasteiger partial charge in [-0.3, -0.25) is 4.79 Å². The highest BCUT2D eigenvalue weighted by molar-refractivity contribution is 6.42. The quantitative estimate of drug-likeness (QED) is 0.845. The van der Waals surface area contributed by atoms with Crippen molar-refractivity contribution >= 4 is 29.1 Å². The molecule has 2 heterocycles. The molecule has 1 amide bonds. The predicted molar refractivity (Wildman–Crippen MR) is 85.3 cm³/mol. The average molecular weight is 339 g/mol. The van der Waals surface area contributed by atoms with Crippen LogP contribution in [0.4, 0.5) is 0 Å². The molecule has 0 spiro atoms. The predicted octanol–water partition coefficient (Wildman–Crippen LogP) is 3.14. The van der Waals surface area contributed by atoms with E-state index >= 15 is 0 Å². The summed E-state index contributed by atoms with van der Waals surface area (Å²) in [5, 5.41) is 8.95. The largest absolute Gasteiger partial charge is 0.339 e. The van der Waals surface area contributed by atoms with Crippen molar-refractivity contribution in [2.24, 2.45) is 7.05 Å². The molecule has 1 aliphatic heterocycles. The lowest BCUT2D eigenvalue weighted by atomic mass is 9.95. The molecule has 5 nitrogen and oxygen atoms in total. The molecular weight excluding hydrogens is 323 g/mol. The topological polar surface area (TPSA) is 51.0 Å². The second-order valence-electron chi connectivity index (χ2n) is 5.50. The number of halogens is 2. The van der Waals surface area contributed by atoms with E-state index in [1.54, 1.807) is 24.5 Å². The van der Waals surface area contributed by atoms with Crippen LogP contribution in [0.1, 0.15) is 34.9 Å². The Morgan fingerprint density at radius 1 is 1.23 bits per heavy atom. The zero-order valence-corrected chi connectivity index (χ0v) is 13.7. The van der Waals surface area contributed by atoms with Gasteiger partial charge in [-0.25, -0.2) is 0 Å². The van der Waals surface area contributed by atoms with Crippen molar-refractivity contribution in [3.8, 4) is 0 Å². The molecule has 0 saturated carbocycles. The van der Waals surface area contributed by atoms with E-state index in [4.69, 9.17) is 23.2 Å². The van der Waals surface area contributed by atoms with Crippen LogP contribution in [-0.2, 0) is 7.05 Å². The molecule has 0 atom stereocenters. The Morgan fingerprint density at radius 3 is 2.55 bits per heavy atom. The van der Waals surface area contributed by atoms with E-state index in [1.165, 1.54) is 0 Å². The van der Waals surface area contributed by atoms with Crippen LogP contribution >= 0.6 is 23.2 Å². The van der Waals surface area contributed by atoms with E-state index in [2.05, 4.69) is 10.2 Å². The number of piperidine rings is 1. The van der Waals surface area contributed by atoms with E-state index in [-0.39, 0.29) is 5.91 Å². The zero-order valence-electron chi connectivity index (χ0n) is 12.2. The maximum atomic E-state index is 12.5. The van der Waals surface area contributed by atoms with Gasteiger partial charge >= 0.3 is 0 Å². The van der Waals surface area contributed by atoms with Gasteiger partial charge in [0.25, 0.3) is 5.91 Å². The molecule has 0 N–H and O–H groups in total. The van der Waals surface area contributed by atoms with Crippen LogP contribution in [0, 0.1) is 0 Å². The molecular formula is C15H16Cl2N4O. The van der Waals surface area contributed by atoms with Crippen LogP contribution in [0.25, 0.3) is 0 Å². The second-order valence-corrected chi connectivity index (χ2v) is 6.31. The summed E-state index contributed by atoms with van der Waals surface area (Å²) >= 11 is 11.9. The molecule has 7 heteroatoms. The molecule has 1 fully saturated rings. The highest BCUT2D eigenvalue weighted by Gasteiger charge is 2.27. The monoisotopic (exact) mass is 338 g/mol. The van der Waals surface area contributed by atoms with Crippen LogP contribution in [-0.4, -0.2) is 38.7 Å². The lowest BCUT2D eigenvalue weighted by Gasteiger charge is -2.31. The Bertz CT molecular complexity index is 693. The summed E-state index contributed by atoms with van der Waals surface area (Å²) < 4.78 is 1.95. The summed E-state index contributed by atoms with van der Waals surface area (Å²) in [4.78, 5) is 14.4. The highest BCUT2D eigenvalue weighted by atomic mass is 35.5. The van der Waals surface area contributed by atoms with Crippen molar-refractivity contribution in [2.75, 3.05) is 13.1 Å². The Morgan fingerprint density at radius 2 is 1.95 bits per heavy atom. The molecule has 0 aliphatic carbocycles. The lowest BCUT2D eigenvalue weighted by molar-refractivity contribution is 0.0710. The Balaban J connectivity index is 1.67. The Hall–Kier alpha value is -1.59. The van der Waals surface area contributed by atoms with Gasteiger partial charge in [-0.05, 0) is 31.0 Å². The molecule has 3 rings (SSSR count). The molecule has 1 aromatic carbocycles. The fraction of sp³-hybridized carbons (Fsp3) is 0.400. The maximum absolute atomic E-state index is 12.5. The van der Waals surface area contributed by atoms with E-state index in [0.717, 1.165) is 18.7 Å². The van der Waals surface area contributed by atoms with E-state index < -0.39 is 0 Å². The summed E-state index contributed by atoms with van der Waals surface area (Å²) in [6.07, 6.45) is 3.49. The third-order valence-corrected chi connectivity index (χ3v) is 4.80. The Kier molecular flexibility index (Phi) is 4.36. The minimum absolute atomic E-state index is 0.00465. The number of amides is 1. The number of hydrogen-bond acceptors (Lipinski definition) is 3. The van der Waals surface area contributed by atoms with Gasteiger partial charge in [0.15, 0.2) is 0 Å². The fourth-order valence-electron chi connectivity index (χ4n) is 2.81. The number of carbonyl (C=O) groups is 1. The van der Waals surface area contributed by atoms with E-state index in [1.807, 2.05) is 16.5 Å². The first kappa shape index (κ1) is 15.3. The molecule has 0 radical (unpaired) electrons. The molecule has 1 saturated heterocycles. The van der Waals surface area contributed by atoms with E-state index in [0.29, 0.717) is 34.6 Å². The molecule has 0 unspecified atom stereocenters. The van der Waals surface area contributed by atoms with Gasteiger partial charge in [0.2, 0.25) is 0 Å². The first-order chi connectivity index (χ1) is 10.6. The van der Waals surface area contributed by atoms with Gasteiger partial charge in [0, 0.05) is 31.6 Å². The number of rotatable bonds is 2. The average Bonchev–Trinajstić information content (AvgIpc) is 2.95. The van der Waals surface area contributed by atoms with Crippen LogP contribution in [0.5, 0.6) is 0 Å². The molecule has 0 bridgehead atoms. The van der Waals surface area contributed by atoms with Gasteiger partial charge in [-0.15, -0.1) is 10.2 Å². The first-order valence-electron chi connectivity index (χ1n) is 7.14. The van der Waals surface area contributed by atoms with E-state index in [9.17, 15) is 4.79 Å². The smallest absolute Gasteiger partial charge is 0.253 e. The molecule has 1 aliphatic rings. The van der Waals surface area contributed by atoms with Crippen molar-refractivity contribution in [3.05, 3.63) is 46.0 Å². The summed E-state index contributed by atoms with van der Waals surface area (Å²) in [7, 11) is 1.95. The number of benzene rings is 1. The van der Waals surface area contributed by atoms with Crippen LogP contribution in [0.3, 0.4) is 0 Å². The SMILES string of the molecule is Cn1cnnc1C1CCN(C(=O)c2ccc(Cl)c(Cl)c2)CC1. The molecule has 116 valence electrons. The van der Waals surface area contributed by atoms with Gasteiger partial charge in [0.1, 0.15) is 12.2 Å². The van der Waals surface area contributed by atoms with Crippen molar-refractivity contribution in [1.82, 2.24) is 19.7 Å². The highest BCUT2D eigenvalue weighted by Crippen LogP contribution is 2.28. The number of hydrogen-bond donors (Lipinski definition) is 0. The number of nitrogens with zero attached hydrogens (tertiary/aromatic N) is 4. The number of carbonyl (C=O) groups excluding carboxylic acids is 1. The standard InChI is InChI=1S/C15H16Cl2N4O/c1-20-9-18-19-14(20)10-4-6-21(7-5-10)15(22)11-2-3-12(16)13(17)8-11/h2-3,8-10H,4-7H2,1H3. The van der Waals surface area contributed by atoms with Gasteiger partial charge < -0.3 is 9.47 Å². The maximum Gasteiger partial charge on any atom is 0.253 e. The third kappa shape index (κ3) is 2.96. The van der Waals surface area contributed by atoms with Gasteiger partial charge in [-0.1, -0.05) is 23.2 Å².